The molecule has 0 unspecified atom stereocenters. The number of hydrogen-bond acceptors (Lipinski definition) is 6. The largest absolute Gasteiger partial charge is 0.454 e. The molecule has 1 atom stereocenters. The highest BCUT2D eigenvalue weighted by atomic mass is 35.5. The molecule has 0 bridgehead atoms. The number of carbonyl (C=O) groups excluding carboxylic acids is 2. The summed E-state index contributed by atoms with van der Waals surface area (Å²) >= 11 is 0. The standard InChI is InChI=1S/C19H23N5O4.ClH/c1-12(20)19(26)23-8-5-14(6-9-23)24-17(4-7-21-24)22-18(25)13-2-3-15-16(10-13)28-11-27-15;/h2-4,7,10,12,14H,5-6,8-9,11,20H2,1H3,(H,22,25);1H/t12-;/m0./s1. The molecule has 29 heavy (non-hydrogen) atoms. The lowest BCUT2D eigenvalue weighted by Gasteiger charge is -2.33. The Morgan fingerprint density at radius 3 is 2.66 bits per heavy atom. The SMILES string of the molecule is C[C@H](N)C(=O)N1CCC(n2nccc2NC(=O)c2ccc3c(c2)OCO3)CC1.Cl. The number of rotatable bonds is 4. The fraction of sp³-hybridized carbons (Fsp3) is 0.421. The van der Waals surface area contributed by atoms with Crippen molar-refractivity contribution in [2.75, 3.05) is 25.2 Å². The van der Waals surface area contributed by atoms with Crippen LogP contribution < -0.4 is 20.5 Å². The van der Waals surface area contributed by atoms with Gasteiger partial charge in [-0.1, -0.05) is 0 Å². The summed E-state index contributed by atoms with van der Waals surface area (Å²) in [5.41, 5.74) is 6.17. The van der Waals surface area contributed by atoms with E-state index in [-0.39, 0.29) is 37.1 Å². The Morgan fingerprint density at radius 2 is 1.93 bits per heavy atom. The molecule has 2 aliphatic rings. The molecule has 0 saturated carbocycles. The molecule has 2 amide bonds. The summed E-state index contributed by atoms with van der Waals surface area (Å²) in [5.74, 6) is 1.54. The summed E-state index contributed by atoms with van der Waals surface area (Å²) in [6.45, 7) is 3.11. The fourth-order valence-electron chi connectivity index (χ4n) is 3.55. The summed E-state index contributed by atoms with van der Waals surface area (Å²) in [5, 5.41) is 7.29. The van der Waals surface area contributed by atoms with E-state index >= 15 is 0 Å². The molecule has 0 aliphatic carbocycles. The lowest BCUT2D eigenvalue weighted by molar-refractivity contribution is -0.133. The zero-order valence-electron chi connectivity index (χ0n) is 16.0. The Morgan fingerprint density at radius 1 is 1.21 bits per heavy atom. The number of likely N-dealkylation sites (tertiary alicyclic amines) is 1. The lowest BCUT2D eigenvalue weighted by Crippen LogP contribution is -2.46. The molecule has 2 aliphatic heterocycles. The minimum absolute atomic E-state index is 0. The van der Waals surface area contributed by atoms with Crippen molar-refractivity contribution in [2.45, 2.75) is 31.8 Å². The normalized spacial score (nSPS) is 16.8. The molecule has 1 aromatic heterocycles. The number of nitrogens with two attached hydrogens (primary N) is 1. The number of benzene rings is 1. The number of aromatic nitrogens is 2. The first-order chi connectivity index (χ1) is 13.5. The van der Waals surface area contributed by atoms with Crippen molar-refractivity contribution < 1.29 is 19.1 Å². The average molecular weight is 422 g/mol. The van der Waals surface area contributed by atoms with Crippen LogP contribution in [0.2, 0.25) is 0 Å². The Kier molecular flexibility index (Phi) is 6.29. The van der Waals surface area contributed by atoms with Crippen LogP contribution in [0.4, 0.5) is 5.82 Å². The first-order valence-electron chi connectivity index (χ1n) is 9.32. The van der Waals surface area contributed by atoms with E-state index in [0.29, 0.717) is 36.0 Å². The summed E-state index contributed by atoms with van der Waals surface area (Å²) < 4.78 is 12.4. The summed E-state index contributed by atoms with van der Waals surface area (Å²) in [6, 6.07) is 6.47. The first kappa shape index (κ1) is 20.9. The Balaban J connectivity index is 0.00000240. The highest BCUT2D eigenvalue weighted by molar-refractivity contribution is 6.04. The van der Waals surface area contributed by atoms with E-state index in [4.69, 9.17) is 15.2 Å². The molecule has 156 valence electrons. The topological polar surface area (TPSA) is 112 Å². The molecule has 0 spiro atoms. The van der Waals surface area contributed by atoms with Gasteiger partial charge in [-0.15, -0.1) is 12.4 Å². The number of fused-ring (bicyclic) bond motifs is 1. The maximum absolute atomic E-state index is 12.6. The van der Waals surface area contributed by atoms with Crippen molar-refractivity contribution in [3.8, 4) is 11.5 Å². The lowest BCUT2D eigenvalue weighted by atomic mass is 10.0. The zero-order chi connectivity index (χ0) is 19.7. The van der Waals surface area contributed by atoms with E-state index in [1.54, 1.807) is 42.3 Å². The van der Waals surface area contributed by atoms with Gasteiger partial charge < -0.3 is 25.4 Å². The second-order valence-corrected chi connectivity index (χ2v) is 7.03. The van der Waals surface area contributed by atoms with Crippen LogP contribution in [0.15, 0.2) is 30.5 Å². The number of carbonyl (C=O) groups is 2. The molecule has 0 radical (unpaired) electrons. The van der Waals surface area contributed by atoms with Gasteiger partial charge in [0.25, 0.3) is 5.91 Å². The summed E-state index contributed by atoms with van der Waals surface area (Å²) in [4.78, 5) is 26.5. The number of halogens is 1. The van der Waals surface area contributed by atoms with Gasteiger partial charge in [0.2, 0.25) is 12.7 Å². The van der Waals surface area contributed by atoms with Gasteiger partial charge in [0.05, 0.1) is 18.3 Å². The number of ether oxygens (including phenoxy) is 2. The number of piperidine rings is 1. The van der Waals surface area contributed by atoms with Gasteiger partial charge >= 0.3 is 0 Å². The highest BCUT2D eigenvalue weighted by Crippen LogP contribution is 2.33. The number of nitrogens with one attached hydrogen (secondary N) is 1. The average Bonchev–Trinajstić information content (AvgIpc) is 3.36. The molecular formula is C19H24ClN5O4. The third-order valence-corrected chi connectivity index (χ3v) is 5.06. The van der Waals surface area contributed by atoms with Crippen LogP contribution in [-0.2, 0) is 4.79 Å². The van der Waals surface area contributed by atoms with Gasteiger partial charge in [-0.2, -0.15) is 5.10 Å². The van der Waals surface area contributed by atoms with E-state index in [9.17, 15) is 9.59 Å². The van der Waals surface area contributed by atoms with Gasteiger partial charge in [-0.25, -0.2) is 4.68 Å². The highest BCUT2D eigenvalue weighted by Gasteiger charge is 2.27. The van der Waals surface area contributed by atoms with Crippen LogP contribution >= 0.6 is 12.4 Å². The van der Waals surface area contributed by atoms with Crippen molar-refractivity contribution in [2.24, 2.45) is 5.73 Å². The van der Waals surface area contributed by atoms with Crippen LogP contribution in [0.5, 0.6) is 11.5 Å². The van der Waals surface area contributed by atoms with Gasteiger partial charge in [-0.05, 0) is 38.0 Å². The monoisotopic (exact) mass is 421 g/mol. The molecule has 3 heterocycles. The van der Waals surface area contributed by atoms with Crippen molar-refractivity contribution in [1.29, 1.82) is 0 Å². The smallest absolute Gasteiger partial charge is 0.256 e. The maximum Gasteiger partial charge on any atom is 0.256 e. The van der Waals surface area contributed by atoms with Crippen LogP contribution in [0.25, 0.3) is 0 Å². The van der Waals surface area contributed by atoms with Crippen molar-refractivity contribution >= 4 is 30.0 Å². The van der Waals surface area contributed by atoms with Crippen molar-refractivity contribution in [3.63, 3.8) is 0 Å². The zero-order valence-corrected chi connectivity index (χ0v) is 16.9. The van der Waals surface area contributed by atoms with Gasteiger partial charge in [0, 0.05) is 24.7 Å². The first-order valence-corrected chi connectivity index (χ1v) is 9.32. The predicted octanol–water partition coefficient (Wildman–Crippen LogP) is 1.80. The molecule has 2 aromatic rings. The summed E-state index contributed by atoms with van der Waals surface area (Å²) in [6.07, 6.45) is 3.18. The molecule has 1 saturated heterocycles. The van der Waals surface area contributed by atoms with E-state index in [1.807, 2.05) is 4.68 Å². The Hall–Kier alpha value is -2.78. The quantitative estimate of drug-likeness (QED) is 0.778. The minimum atomic E-state index is -0.488. The minimum Gasteiger partial charge on any atom is -0.454 e. The van der Waals surface area contributed by atoms with E-state index in [2.05, 4.69) is 10.4 Å². The van der Waals surface area contributed by atoms with Crippen LogP contribution in [0.3, 0.4) is 0 Å². The molecule has 9 nitrogen and oxygen atoms in total. The van der Waals surface area contributed by atoms with Gasteiger partial charge in [0.15, 0.2) is 11.5 Å². The number of amides is 2. The Labute approximate surface area is 174 Å². The van der Waals surface area contributed by atoms with Gasteiger partial charge in [-0.3, -0.25) is 9.59 Å². The van der Waals surface area contributed by atoms with Crippen molar-refractivity contribution in [1.82, 2.24) is 14.7 Å². The molecule has 3 N–H and O–H groups in total. The molecular weight excluding hydrogens is 398 g/mol. The molecule has 1 fully saturated rings. The maximum atomic E-state index is 12.6. The predicted molar refractivity (Wildman–Crippen MR) is 108 cm³/mol. The molecule has 4 rings (SSSR count). The third kappa shape index (κ3) is 4.30. The molecule has 10 heteroatoms. The Bertz CT molecular complexity index is 892. The van der Waals surface area contributed by atoms with E-state index in [1.165, 1.54) is 0 Å². The van der Waals surface area contributed by atoms with Crippen molar-refractivity contribution in [3.05, 3.63) is 36.0 Å². The second-order valence-electron chi connectivity index (χ2n) is 7.03. The van der Waals surface area contributed by atoms with Crippen LogP contribution in [0, 0.1) is 0 Å². The molecule has 1 aromatic carbocycles. The number of nitrogens with zero attached hydrogens (tertiary/aromatic N) is 3. The van der Waals surface area contributed by atoms with Crippen LogP contribution in [0.1, 0.15) is 36.2 Å². The summed E-state index contributed by atoms with van der Waals surface area (Å²) in [7, 11) is 0. The van der Waals surface area contributed by atoms with Crippen LogP contribution in [-0.4, -0.2) is 52.4 Å². The van der Waals surface area contributed by atoms with E-state index < -0.39 is 6.04 Å². The fourth-order valence-corrected chi connectivity index (χ4v) is 3.55. The second kappa shape index (κ2) is 8.71. The third-order valence-electron chi connectivity index (χ3n) is 5.06. The number of hydrogen-bond donors (Lipinski definition) is 2. The van der Waals surface area contributed by atoms with E-state index in [0.717, 1.165) is 12.8 Å². The van der Waals surface area contributed by atoms with Gasteiger partial charge in [0.1, 0.15) is 5.82 Å². The number of anilines is 1.